The number of hydroxylamine groups is 1. The summed E-state index contributed by atoms with van der Waals surface area (Å²) in [4.78, 5) is 10.8. The maximum atomic E-state index is 10.8. The monoisotopic (exact) mass is 323 g/mol. The minimum atomic E-state index is -0.900. The zero-order chi connectivity index (χ0) is 17.1. The van der Waals surface area contributed by atoms with Crippen LogP contribution in [0.2, 0.25) is 0 Å². The van der Waals surface area contributed by atoms with Gasteiger partial charge in [0.2, 0.25) is 0 Å². The second-order valence-corrected chi connectivity index (χ2v) is 4.51. The lowest BCUT2D eigenvalue weighted by molar-refractivity contribution is -0.124. The van der Waals surface area contributed by atoms with Crippen molar-refractivity contribution in [1.29, 1.82) is 0 Å². The van der Waals surface area contributed by atoms with Gasteiger partial charge in [-0.25, -0.2) is 5.48 Å². The first kappa shape index (κ1) is 18.9. The maximum Gasteiger partial charge on any atom is 0.267 e. The number of amides is 1. The summed E-state index contributed by atoms with van der Waals surface area (Å²) in [5.41, 5.74) is 2.10. The lowest BCUT2D eigenvalue weighted by Gasteiger charge is -2.19. The van der Waals surface area contributed by atoms with E-state index >= 15 is 0 Å². The third kappa shape index (κ3) is 6.62. The van der Waals surface area contributed by atoms with Gasteiger partial charge < -0.3 is 19.7 Å². The van der Waals surface area contributed by atoms with Gasteiger partial charge in [0.05, 0.1) is 6.61 Å². The number of aliphatic hydroxyl groups is 2. The van der Waals surface area contributed by atoms with E-state index in [1.165, 1.54) is 24.7 Å². The van der Waals surface area contributed by atoms with Crippen LogP contribution in [0.4, 0.5) is 0 Å². The highest BCUT2D eigenvalue weighted by molar-refractivity contribution is 5.86. The number of nitrogens with one attached hydrogen (secondary N) is 1. The number of allylic oxidation sites excluding steroid dienone is 2. The van der Waals surface area contributed by atoms with Crippen molar-refractivity contribution in [3.8, 4) is 5.75 Å². The average molecular weight is 323 g/mol. The molecule has 7 heteroatoms. The highest BCUT2D eigenvalue weighted by Gasteiger charge is 2.17. The van der Waals surface area contributed by atoms with E-state index in [2.05, 4.69) is 0 Å². The first-order valence-corrected chi connectivity index (χ1v) is 6.95. The minimum absolute atomic E-state index is 0.0667. The summed E-state index contributed by atoms with van der Waals surface area (Å²) in [6, 6.07) is 6.78. The van der Waals surface area contributed by atoms with Crippen LogP contribution in [0, 0.1) is 0 Å². The van der Waals surface area contributed by atoms with Crippen molar-refractivity contribution in [2.45, 2.75) is 12.2 Å². The van der Waals surface area contributed by atoms with E-state index in [0.717, 1.165) is 6.08 Å². The number of ether oxygens (including phenoxy) is 2. The molecule has 0 spiro atoms. The molecule has 0 aliphatic rings. The Balaban J connectivity index is 2.68. The highest BCUT2D eigenvalue weighted by atomic mass is 16.5. The first-order valence-electron chi connectivity index (χ1n) is 6.95. The van der Waals surface area contributed by atoms with Crippen LogP contribution in [0.3, 0.4) is 0 Å². The molecule has 0 heterocycles. The number of methoxy groups -OCH3 is 1. The van der Waals surface area contributed by atoms with Gasteiger partial charge in [-0.1, -0.05) is 30.4 Å². The fourth-order valence-corrected chi connectivity index (χ4v) is 1.78. The maximum absolute atomic E-state index is 10.8. The Kier molecular flexibility index (Phi) is 8.63. The minimum Gasteiger partial charge on any atom is -0.491 e. The van der Waals surface area contributed by atoms with Gasteiger partial charge in [0.1, 0.15) is 24.6 Å². The van der Waals surface area contributed by atoms with E-state index in [1.54, 1.807) is 30.3 Å². The molecule has 2 atom stereocenters. The van der Waals surface area contributed by atoms with Gasteiger partial charge in [0, 0.05) is 13.2 Å². The van der Waals surface area contributed by atoms with Crippen molar-refractivity contribution in [3.05, 3.63) is 54.1 Å². The molecular formula is C16H21NO6. The number of carbonyl (C=O) groups excluding carboxylic acids is 1. The number of aliphatic hydroxyl groups excluding tert-OH is 2. The lowest BCUT2D eigenvalue weighted by atomic mass is 10.0. The number of hydrogen-bond donors (Lipinski definition) is 4. The standard InChI is InChI=1S/C16H21NO6/c1-22-14(4-2-3-5-15(19)17-21)16(20)12-6-8-13(9-7-12)23-11-10-18/h2-9,14,16,18,20-21H,10-11H2,1H3,(H,17,19)/b4-2+,5-3+/t14-,16-/m1/s1. The Labute approximate surface area is 134 Å². The molecule has 0 bridgehead atoms. The third-order valence-electron chi connectivity index (χ3n) is 2.93. The van der Waals surface area contributed by atoms with Crippen molar-refractivity contribution in [2.24, 2.45) is 0 Å². The quantitative estimate of drug-likeness (QED) is 0.231. The summed E-state index contributed by atoms with van der Waals surface area (Å²) in [5, 5.41) is 27.3. The van der Waals surface area contributed by atoms with Gasteiger partial charge in [-0.05, 0) is 17.7 Å². The number of benzene rings is 1. The van der Waals surface area contributed by atoms with E-state index < -0.39 is 18.1 Å². The zero-order valence-corrected chi connectivity index (χ0v) is 12.8. The van der Waals surface area contributed by atoms with Crippen LogP contribution in [-0.2, 0) is 9.53 Å². The normalized spacial score (nSPS) is 14.1. The molecule has 0 saturated heterocycles. The molecule has 0 radical (unpaired) electrons. The molecule has 7 nitrogen and oxygen atoms in total. The Morgan fingerprint density at radius 2 is 2.00 bits per heavy atom. The second kappa shape index (κ2) is 10.5. The van der Waals surface area contributed by atoms with Gasteiger partial charge in [-0.2, -0.15) is 0 Å². The highest BCUT2D eigenvalue weighted by Crippen LogP contribution is 2.22. The summed E-state index contributed by atoms with van der Waals surface area (Å²) in [6.45, 7) is 0.141. The molecule has 1 aromatic rings. The van der Waals surface area contributed by atoms with E-state index in [0.29, 0.717) is 11.3 Å². The topological polar surface area (TPSA) is 108 Å². The Morgan fingerprint density at radius 3 is 2.57 bits per heavy atom. The molecule has 0 fully saturated rings. The molecule has 0 aromatic heterocycles. The average Bonchev–Trinajstić information content (AvgIpc) is 2.59. The molecule has 23 heavy (non-hydrogen) atoms. The third-order valence-corrected chi connectivity index (χ3v) is 2.93. The van der Waals surface area contributed by atoms with Crippen LogP contribution in [-0.4, -0.2) is 47.8 Å². The summed E-state index contributed by atoms with van der Waals surface area (Å²) in [7, 11) is 1.46. The Morgan fingerprint density at radius 1 is 1.30 bits per heavy atom. The van der Waals surface area contributed by atoms with Crippen molar-refractivity contribution in [2.75, 3.05) is 20.3 Å². The van der Waals surface area contributed by atoms with Crippen molar-refractivity contribution < 1.29 is 29.7 Å². The van der Waals surface area contributed by atoms with Crippen molar-refractivity contribution in [1.82, 2.24) is 5.48 Å². The predicted molar refractivity (Wildman–Crippen MR) is 83.0 cm³/mol. The number of hydrogen-bond acceptors (Lipinski definition) is 6. The van der Waals surface area contributed by atoms with Crippen LogP contribution in [0.5, 0.6) is 5.75 Å². The predicted octanol–water partition coefficient (Wildman–Crippen LogP) is 0.724. The van der Waals surface area contributed by atoms with E-state index in [-0.39, 0.29) is 13.2 Å². The summed E-state index contributed by atoms with van der Waals surface area (Å²) < 4.78 is 10.5. The second-order valence-electron chi connectivity index (χ2n) is 4.51. The summed E-state index contributed by atoms with van der Waals surface area (Å²) in [6.07, 6.45) is 4.15. The molecule has 0 aliphatic heterocycles. The molecule has 126 valence electrons. The molecule has 0 unspecified atom stereocenters. The molecule has 0 saturated carbocycles. The Hall–Kier alpha value is -2.19. The van der Waals surface area contributed by atoms with E-state index in [9.17, 15) is 9.90 Å². The SMILES string of the molecule is CO[C@H](/C=C/C=C/C(=O)NO)[C@H](O)c1ccc(OCCO)cc1. The zero-order valence-electron chi connectivity index (χ0n) is 12.8. The summed E-state index contributed by atoms with van der Waals surface area (Å²) in [5.74, 6) is -0.0555. The molecule has 1 rings (SSSR count). The largest absolute Gasteiger partial charge is 0.491 e. The van der Waals surface area contributed by atoms with Crippen LogP contribution >= 0.6 is 0 Å². The van der Waals surface area contributed by atoms with Gasteiger partial charge >= 0.3 is 0 Å². The van der Waals surface area contributed by atoms with Gasteiger partial charge in [0.25, 0.3) is 5.91 Å². The van der Waals surface area contributed by atoms with Gasteiger partial charge in [-0.15, -0.1) is 0 Å². The van der Waals surface area contributed by atoms with Crippen LogP contribution in [0.25, 0.3) is 0 Å². The molecule has 0 aliphatic carbocycles. The number of rotatable bonds is 9. The molecule has 4 N–H and O–H groups in total. The molecular weight excluding hydrogens is 302 g/mol. The lowest BCUT2D eigenvalue weighted by Crippen LogP contribution is -2.18. The fourth-order valence-electron chi connectivity index (χ4n) is 1.78. The fraction of sp³-hybridized carbons (Fsp3) is 0.312. The van der Waals surface area contributed by atoms with Crippen LogP contribution < -0.4 is 10.2 Å². The van der Waals surface area contributed by atoms with E-state index in [1.807, 2.05) is 0 Å². The van der Waals surface area contributed by atoms with E-state index in [4.69, 9.17) is 19.8 Å². The molecule has 1 aromatic carbocycles. The summed E-state index contributed by atoms with van der Waals surface area (Å²) >= 11 is 0. The number of carbonyl (C=O) groups is 1. The molecule has 1 amide bonds. The van der Waals surface area contributed by atoms with Crippen LogP contribution in [0.15, 0.2) is 48.6 Å². The first-order chi connectivity index (χ1) is 11.1. The van der Waals surface area contributed by atoms with Crippen LogP contribution in [0.1, 0.15) is 11.7 Å². The van der Waals surface area contributed by atoms with Crippen molar-refractivity contribution in [3.63, 3.8) is 0 Å². The van der Waals surface area contributed by atoms with Gasteiger partial charge in [-0.3, -0.25) is 10.0 Å². The van der Waals surface area contributed by atoms with Crippen molar-refractivity contribution >= 4 is 5.91 Å². The smallest absolute Gasteiger partial charge is 0.267 e. The Bertz CT molecular complexity index is 526. The van der Waals surface area contributed by atoms with Gasteiger partial charge in [0.15, 0.2) is 0 Å².